The van der Waals surface area contributed by atoms with E-state index in [9.17, 15) is 13.2 Å². The van der Waals surface area contributed by atoms with Crippen LogP contribution in [0.15, 0.2) is 4.90 Å². The maximum atomic E-state index is 11.8. The molecule has 1 aromatic heterocycles. The number of amides is 1. The van der Waals surface area contributed by atoms with Crippen molar-refractivity contribution in [3.8, 4) is 0 Å². The number of carbonyl (C=O) groups excluding carboxylic acids is 1. The van der Waals surface area contributed by atoms with Gasteiger partial charge in [0.05, 0.1) is 11.4 Å². The summed E-state index contributed by atoms with van der Waals surface area (Å²) in [6, 6.07) is 0.0185. The number of aromatic nitrogens is 2. The van der Waals surface area contributed by atoms with Crippen molar-refractivity contribution in [3.63, 3.8) is 0 Å². The molecule has 1 heterocycles. The van der Waals surface area contributed by atoms with Gasteiger partial charge in [0.25, 0.3) is 9.05 Å². The van der Waals surface area contributed by atoms with Crippen LogP contribution in [0.1, 0.15) is 39.1 Å². The first-order valence-corrected chi connectivity index (χ1v) is 8.84. The van der Waals surface area contributed by atoms with Gasteiger partial charge in [0.15, 0.2) is 0 Å². The van der Waals surface area contributed by atoms with E-state index in [0.29, 0.717) is 24.2 Å². The molecule has 114 valence electrons. The fraction of sp³-hybridized carbons (Fsp3) is 0.667. The van der Waals surface area contributed by atoms with Crippen molar-refractivity contribution >= 4 is 25.6 Å². The highest BCUT2D eigenvalue weighted by molar-refractivity contribution is 8.13. The Bertz CT molecular complexity index is 593. The van der Waals surface area contributed by atoms with E-state index >= 15 is 0 Å². The molecule has 20 heavy (non-hydrogen) atoms. The summed E-state index contributed by atoms with van der Waals surface area (Å²) < 4.78 is 24.8. The minimum Gasteiger partial charge on any atom is -0.352 e. The van der Waals surface area contributed by atoms with Crippen molar-refractivity contribution in [2.45, 2.75) is 58.0 Å². The first-order valence-electron chi connectivity index (χ1n) is 6.53. The molecule has 1 N–H and O–H groups in total. The Kier molecular flexibility index (Phi) is 5.59. The Hall–Kier alpha value is -1.08. The number of nitrogens with zero attached hydrogens (tertiary/aromatic N) is 2. The van der Waals surface area contributed by atoms with E-state index in [0.717, 1.165) is 0 Å². The molecule has 0 aliphatic heterocycles. The van der Waals surface area contributed by atoms with Crippen LogP contribution in [-0.2, 0) is 33.2 Å². The average Bonchev–Trinajstić information content (AvgIpc) is 2.65. The zero-order chi connectivity index (χ0) is 15.5. The molecule has 0 saturated carbocycles. The second kappa shape index (κ2) is 6.58. The first kappa shape index (κ1) is 17.0. The third-order valence-electron chi connectivity index (χ3n) is 2.73. The van der Waals surface area contributed by atoms with Gasteiger partial charge in [-0.2, -0.15) is 5.10 Å². The molecule has 1 aromatic rings. The van der Waals surface area contributed by atoms with Gasteiger partial charge in [-0.25, -0.2) is 8.42 Å². The van der Waals surface area contributed by atoms with Gasteiger partial charge in [0.2, 0.25) is 5.91 Å². The van der Waals surface area contributed by atoms with Crippen molar-refractivity contribution in [2.24, 2.45) is 0 Å². The van der Waals surface area contributed by atoms with Crippen LogP contribution in [0.2, 0.25) is 0 Å². The average molecular weight is 322 g/mol. The van der Waals surface area contributed by atoms with E-state index < -0.39 is 9.05 Å². The molecule has 0 unspecified atom stereocenters. The lowest BCUT2D eigenvalue weighted by molar-refractivity contribution is -0.122. The lowest BCUT2D eigenvalue weighted by Gasteiger charge is -2.10. The Morgan fingerprint density at radius 2 is 1.95 bits per heavy atom. The second-order valence-corrected chi connectivity index (χ2v) is 7.25. The zero-order valence-corrected chi connectivity index (χ0v) is 13.7. The number of carbonyl (C=O) groups is 1. The minimum atomic E-state index is -3.87. The highest BCUT2D eigenvalue weighted by Gasteiger charge is 2.26. The monoisotopic (exact) mass is 321 g/mol. The fourth-order valence-corrected chi connectivity index (χ4v) is 3.56. The van der Waals surface area contributed by atoms with E-state index in [4.69, 9.17) is 10.7 Å². The third kappa shape index (κ3) is 3.96. The van der Waals surface area contributed by atoms with Gasteiger partial charge >= 0.3 is 0 Å². The first-order chi connectivity index (χ1) is 9.20. The molecule has 0 atom stereocenters. The predicted molar refractivity (Wildman–Crippen MR) is 77.3 cm³/mol. The normalized spacial score (nSPS) is 11.9. The quantitative estimate of drug-likeness (QED) is 0.804. The molecular weight excluding hydrogens is 302 g/mol. The van der Waals surface area contributed by atoms with Crippen LogP contribution in [0.4, 0.5) is 0 Å². The summed E-state index contributed by atoms with van der Waals surface area (Å²) >= 11 is 0. The number of nitrogens with one attached hydrogen (secondary N) is 1. The minimum absolute atomic E-state index is 0.0131. The van der Waals surface area contributed by atoms with Gasteiger partial charge < -0.3 is 5.32 Å². The molecule has 1 amide bonds. The summed E-state index contributed by atoms with van der Waals surface area (Å²) in [6.07, 6.45) is 0.871. The van der Waals surface area contributed by atoms with Crippen LogP contribution in [0, 0.1) is 0 Å². The molecule has 0 radical (unpaired) electrons. The molecular formula is C12H20ClN3O3S. The molecule has 0 fully saturated rings. The predicted octanol–water partition coefficient (Wildman–Crippen LogP) is 1.46. The van der Waals surface area contributed by atoms with Gasteiger partial charge in [-0.1, -0.05) is 13.8 Å². The van der Waals surface area contributed by atoms with E-state index in [1.54, 1.807) is 13.8 Å². The third-order valence-corrected chi connectivity index (χ3v) is 4.16. The molecule has 1 rings (SSSR count). The number of halogens is 1. The van der Waals surface area contributed by atoms with Crippen LogP contribution < -0.4 is 5.32 Å². The molecule has 0 spiro atoms. The smallest absolute Gasteiger partial charge is 0.264 e. The van der Waals surface area contributed by atoms with Crippen molar-refractivity contribution in [1.29, 1.82) is 0 Å². The molecule has 8 heteroatoms. The molecule has 6 nitrogen and oxygen atoms in total. The summed E-state index contributed by atoms with van der Waals surface area (Å²) in [5.74, 6) is -0.210. The highest BCUT2D eigenvalue weighted by atomic mass is 35.7. The van der Waals surface area contributed by atoms with Crippen LogP contribution in [0.5, 0.6) is 0 Å². The van der Waals surface area contributed by atoms with E-state index in [1.807, 2.05) is 13.8 Å². The molecule has 0 saturated heterocycles. The van der Waals surface area contributed by atoms with Crippen LogP contribution in [0.25, 0.3) is 0 Å². The van der Waals surface area contributed by atoms with E-state index in [-0.39, 0.29) is 23.4 Å². The van der Waals surface area contributed by atoms with Gasteiger partial charge in [-0.05, 0) is 26.7 Å². The summed E-state index contributed by atoms with van der Waals surface area (Å²) in [5.41, 5.74) is 0.866. The Balaban J connectivity index is 3.22. The SMILES string of the molecule is CCc1nn(CC(=O)NC(C)C)c(CC)c1S(=O)(=O)Cl. The molecule has 0 bridgehead atoms. The Morgan fingerprint density at radius 1 is 1.35 bits per heavy atom. The van der Waals surface area contributed by atoms with E-state index in [2.05, 4.69) is 10.4 Å². The van der Waals surface area contributed by atoms with Crippen molar-refractivity contribution in [1.82, 2.24) is 15.1 Å². The summed E-state index contributed by atoms with van der Waals surface area (Å²) in [6.45, 7) is 7.30. The number of hydrogen-bond donors (Lipinski definition) is 1. The Labute approximate surface area is 123 Å². The zero-order valence-electron chi connectivity index (χ0n) is 12.1. The highest BCUT2D eigenvalue weighted by Crippen LogP contribution is 2.25. The maximum absolute atomic E-state index is 11.8. The maximum Gasteiger partial charge on any atom is 0.264 e. The summed E-state index contributed by atoms with van der Waals surface area (Å²) in [7, 11) is 1.61. The van der Waals surface area contributed by atoms with E-state index in [1.165, 1.54) is 4.68 Å². The standard InChI is InChI=1S/C12H20ClN3O3S/c1-5-9-12(20(13,18)19)10(6-2)16(15-9)7-11(17)14-8(3)4/h8H,5-7H2,1-4H3,(H,14,17). The van der Waals surface area contributed by atoms with Crippen LogP contribution in [-0.4, -0.2) is 30.1 Å². The van der Waals surface area contributed by atoms with Crippen LogP contribution >= 0.6 is 10.7 Å². The molecule has 0 aliphatic rings. The van der Waals surface area contributed by atoms with Gasteiger partial charge in [-0.3, -0.25) is 9.48 Å². The summed E-state index contributed by atoms with van der Waals surface area (Å²) in [4.78, 5) is 11.8. The summed E-state index contributed by atoms with van der Waals surface area (Å²) in [5, 5.41) is 6.95. The topological polar surface area (TPSA) is 81.1 Å². The molecule has 0 aliphatic carbocycles. The largest absolute Gasteiger partial charge is 0.352 e. The van der Waals surface area contributed by atoms with Gasteiger partial charge in [-0.15, -0.1) is 0 Å². The second-order valence-electron chi connectivity index (χ2n) is 4.75. The number of aryl methyl sites for hydroxylation is 1. The van der Waals surface area contributed by atoms with Crippen LogP contribution in [0.3, 0.4) is 0 Å². The lowest BCUT2D eigenvalue weighted by atomic mass is 10.2. The Morgan fingerprint density at radius 3 is 2.35 bits per heavy atom. The fourth-order valence-electron chi connectivity index (χ4n) is 2.03. The van der Waals surface area contributed by atoms with Gasteiger partial charge in [0.1, 0.15) is 11.4 Å². The van der Waals surface area contributed by atoms with Crippen molar-refractivity contribution < 1.29 is 13.2 Å². The van der Waals surface area contributed by atoms with Crippen molar-refractivity contribution in [2.75, 3.05) is 0 Å². The molecule has 0 aromatic carbocycles. The van der Waals surface area contributed by atoms with Crippen molar-refractivity contribution in [3.05, 3.63) is 11.4 Å². The lowest BCUT2D eigenvalue weighted by Crippen LogP contribution is -2.33. The van der Waals surface area contributed by atoms with Gasteiger partial charge in [0, 0.05) is 16.7 Å². The number of rotatable bonds is 6. The number of hydrogen-bond acceptors (Lipinski definition) is 4.